The second kappa shape index (κ2) is 15.7. The standard InChI is InChI=1S/C59H35N7/c60-36-38-27-30-45(43(33-38)37-61)41-28-31-54-50(34-41)48-22-11-13-26-53(48)66(54)55-32-29-42(46-23-14-24-49-47-21-10-12-25-52(47)65(56(46)49)44-19-8-3-9-20-44)35-51(55)59-63-57(39-15-4-1-5-16-39)62-58(64-59)40-17-6-2-7-18-40/h1-35H. The molecule has 0 atom stereocenters. The highest BCUT2D eigenvalue weighted by atomic mass is 15.1. The lowest BCUT2D eigenvalue weighted by Crippen LogP contribution is -2.04. The fraction of sp³-hybridized carbons (Fsp3) is 0. The van der Waals surface area contributed by atoms with E-state index in [1.54, 1.807) is 12.1 Å². The van der Waals surface area contributed by atoms with Crippen LogP contribution in [0.1, 0.15) is 11.1 Å². The number of benzene rings is 9. The number of fused-ring (bicyclic) bond motifs is 6. The predicted molar refractivity (Wildman–Crippen MR) is 265 cm³/mol. The van der Waals surface area contributed by atoms with Crippen molar-refractivity contribution < 1.29 is 0 Å². The van der Waals surface area contributed by atoms with E-state index in [0.29, 0.717) is 28.6 Å². The van der Waals surface area contributed by atoms with Crippen LogP contribution in [-0.2, 0) is 0 Å². The molecule has 306 valence electrons. The maximum atomic E-state index is 10.2. The van der Waals surface area contributed by atoms with Gasteiger partial charge in [-0.25, -0.2) is 15.0 Å². The van der Waals surface area contributed by atoms with Crippen LogP contribution in [0.25, 0.3) is 111 Å². The minimum atomic E-state index is 0.450. The van der Waals surface area contributed by atoms with Crippen molar-refractivity contribution in [3.8, 4) is 79.9 Å². The highest BCUT2D eigenvalue weighted by Crippen LogP contribution is 2.43. The summed E-state index contributed by atoms with van der Waals surface area (Å²) in [7, 11) is 0. The number of rotatable bonds is 7. The van der Waals surface area contributed by atoms with Crippen LogP contribution in [0.3, 0.4) is 0 Å². The molecule has 3 aromatic heterocycles. The van der Waals surface area contributed by atoms with E-state index < -0.39 is 0 Å². The summed E-state index contributed by atoms with van der Waals surface area (Å²) in [5.41, 5.74) is 13.5. The van der Waals surface area contributed by atoms with E-state index >= 15 is 0 Å². The summed E-state index contributed by atoms with van der Waals surface area (Å²) >= 11 is 0. The predicted octanol–water partition coefficient (Wildman–Crippen LogP) is 14.1. The number of nitriles is 2. The smallest absolute Gasteiger partial charge is 0.166 e. The van der Waals surface area contributed by atoms with Gasteiger partial charge in [-0.3, -0.25) is 0 Å². The third-order valence-corrected chi connectivity index (χ3v) is 12.5. The summed E-state index contributed by atoms with van der Waals surface area (Å²) in [4.78, 5) is 15.7. The molecule has 0 spiro atoms. The normalized spacial score (nSPS) is 11.3. The van der Waals surface area contributed by atoms with Crippen molar-refractivity contribution in [1.29, 1.82) is 10.5 Å². The summed E-state index contributed by atoms with van der Waals surface area (Å²) in [5, 5.41) is 24.2. The Bertz CT molecular complexity index is 3890. The fourth-order valence-electron chi connectivity index (χ4n) is 9.46. The van der Waals surface area contributed by atoms with Crippen LogP contribution in [0.15, 0.2) is 212 Å². The molecule has 12 aromatic rings. The Morgan fingerprint density at radius 2 is 0.909 bits per heavy atom. The first-order valence-electron chi connectivity index (χ1n) is 21.7. The lowest BCUT2D eigenvalue weighted by molar-refractivity contribution is 1.06. The Morgan fingerprint density at radius 3 is 1.59 bits per heavy atom. The van der Waals surface area contributed by atoms with Gasteiger partial charge in [0.25, 0.3) is 0 Å². The molecule has 0 saturated carbocycles. The Balaban J connectivity index is 1.16. The molecule has 12 rings (SSSR count). The van der Waals surface area contributed by atoms with Crippen LogP contribution in [0.2, 0.25) is 0 Å². The van der Waals surface area contributed by atoms with Crippen LogP contribution in [-0.4, -0.2) is 24.1 Å². The lowest BCUT2D eigenvalue weighted by Gasteiger charge is -2.17. The molecule has 0 aliphatic carbocycles. The highest BCUT2D eigenvalue weighted by molar-refractivity contribution is 6.14. The first-order valence-corrected chi connectivity index (χ1v) is 21.7. The molecule has 0 radical (unpaired) electrons. The number of hydrogen-bond donors (Lipinski definition) is 0. The first kappa shape index (κ1) is 38.3. The largest absolute Gasteiger partial charge is 0.309 e. The summed E-state index contributed by atoms with van der Waals surface area (Å²) in [6.45, 7) is 0. The third-order valence-electron chi connectivity index (χ3n) is 12.5. The Kier molecular flexibility index (Phi) is 9.12. The van der Waals surface area contributed by atoms with Gasteiger partial charge in [0, 0.05) is 49.5 Å². The van der Waals surface area contributed by atoms with Crippen LogP contribution < -0.4 is 0 Å². The van der Waals surface area contributed by atoms with E-state index in [9.17, 15) is 10.5 Å². The quantitative estimate of drug-likeness (QED) is 0.159. The van der Waals surface area contributed by atoms with Crippen molar-refractivity contribution in [2.75, 3.05) is 0 Å². The molecule has 0 bridgehead atoms. The van der Waals surface area contributed by atoms with Gasteiger partial charge >= 0.3 is 0 Å². The van der Waals surface area contributed by atoms with E-state index in [1.165, 1.54) is 5.39 Å². The maximum absolute atomic E-state index is 10.2. The molecule has 0 fully saturated rings. The number of aromatic nitrogens is 5. The van der Waals surface area contributed by atoms with Crippen molar-refractivity contribution in [2.24, 2.45) is 0 Å². The second-order valence-corrected chi connectivity index (χ2v) is 16.2. The SMILES string of the molecule is N#Cc1ccc(-c2ccc3c(c2)c2ccccc2n3-c2ccc(-c3cccc4c5ccccc5n(-c5ccccc5)c34)cc2-c2nc(-c3ccccc3)nc(-c3ccccc3)n2)c(C#N)c1. The van der Waals surface area contributed by atoms with Crippen molar-refractivity contribution in [3.63, 3.8) is 0 Å². The van der Waals surface area contributed by atoms with Crippen LogP contribution in [0.5, 0.6) is 0 Å². The number of hydrogen-bond acceptors (Lipinski definition) is 5. The molecule has 0 amide bonds. The van der Waals surface area contributed by atoms with Gasteiger partial charge in [0.15, 0.2) is 17.5 Å². The average molecular weight is 842 g/mol. The van der Waals surface area contributed by atoms with Gasteiger partial charge in [-0.1, -0.05) is 152 Å². The van der Waals surface area contributed by atoms with Crippen LogP contribution >= 0.6 is 0 Å². The molecule has 0 unspecified atom stereocenters. The topological polar surface area (TPSA) is 96.1 Å². The Morgan fingerprint density at radius 1 is 0.348 bits per heavy atom. The van der Waals surface area contributed by atoms with E-state index in [1.807, 2.05) is 66.7 Å². The minimum absolute atomic E-state index is 0.450. The van der Waals surface area contributed by atoms with Gasteiger partial charge in [-0.2, -0.15) is 10.5 Å². The van der Waals surface area contributed by atoms with Crippen molar-refractivity contribution >= 4 is 43.6 Å². The minimum Gasteiger partial charge on any atom is -0.309 e. The van der Waals surface area contributed by atoms with Gasteiger partial charge in [0.05, 0.1) is 51.0 Å². The van der Waals surface area contributed by atoms with Gasteiger partial charge in [-0.15, -0.1) is 0 Å². The fourth-order valence-corrected chi connectivity index (χ4v) is 9.46. The molecular weight excluding hydrogens is 807 g/mol. The molecule has 3 heterocycles. The molecule has 0 N–H and O–H groups in total. The van der Waals surface area contributed by atoms with E-state index in [0.717, 1.165) is 88.5 Å². The zero-order valence-corrected chi connectivity index (χ0v) is 35.3. The van der Waals surface area contributed by atoms with Gasteiger partial charge in [-0.05, 0) is 77.4 Å². The Labute approximate surface area is 380 Å². The first-order chi connectivity index (χ1) is 32.6. The number of para-hydroxylation sites is 4. The molecule has 66 heavy (non-hydrogen) atoms. The van der Waals surface area contributed by atoms with Gasteiger partial charge < -0.3 is 9.13 Å². The van der Waals surface area contributed by atoms with Crippen LogP contribution in [0.4, 0.5) is 0 Å². The van der Waals surface area contributed by atoms with Crippen molar-refractivity contribution in [3.05, 3.63) is 223 Å². The highest BCUT2D eigenvalue weighted by Gasteiger charge is 2.23. The molecule has 0 aliphatic heterocycles. The van der Waals surface area contributed by atoms with Gasteiger partial charge in [0.1, 0.15) is 0 Å². The summed E-state index contributed by atoms with van der Waals surface area (Å²) < 4.78 is 4.67. The van der Waals surface area contributed by atoms with Crippen LogP contribution in [0, 0.1) is 22.7 Å². The van der Waals surface area contributed by atoms with E-state index in [-0.39, 0.29) is 0 Å². The molecule has 7 heteroatoms. The molecule has 7 nitrogen and oxygen atoms in total. The van der Waals surface area contributed by atoms with Gasteiger partial charge in [0.2, 0.25) is 0 Å². The number of nitrogens with zero attached hydrogens (tertiary/aromatic N) is 7. The molecule has 0 saturated heterocycles. The lowest BCUT2D eigenvalue weighted by atomic mass is 9.97. The summed E-state index contributed by atoms with van der Waals surface area (Å²) in [6.07, 6.45) is 0. The monoisotopic (exact) mass is 841 g/mol. The molecule has 0 aliphatic rings. The second-order valence-electron chi connectivity index (χ2n) is 16.2. The third kappa shape index (κ3) is 6.31. The summed E-state index contributed by atoms with van der Waals surface area (Å²) in [5.74, 6) is 1.68. The molecular formula is C59H35N7. The van der Waals surface area contributed by atoms with E-state index in [2.05, 4.69) is 155 Å². The zero-order chi connectivity index (χ0) is 44.1. The van der Waals surface area contributed by atoms with E-state index in [4.69, 9.17) is 15.0 Å². The average Bonchev–Trinajstić information content (AvgIpc) is 3.91. The van der Waals surface area contributed by atoms with Crippen molar-refractivity contribution in [2.45, 2.75) is 0 Å². The maximum Gasteiger partial charge on any atom is 0.166 e. The zero-order valence-electron chi connectivity index (χ0n) is 35.3. The molecule has 9 aromatic carbocycles. The summed E-state index contributed by atoms with van der Waals surface area (Å²) in [6, 6.07) is 77.0. The van der Waals surface area contributed by atoms with Crippen molar-refractivity contribution in [1.82, 2.24) is 24.1 Å². The Hall–Kier alpha value is -9.43.